The van der Waals surface area contributed by atoms with Crippen molar-refractivity contribution in [1.82, 2.24) is 0 Å². The quantitative estimate of drug-likeness (QED) is 0.269. The minimum Gasteiger partial charge on any atom is -0.462 e. The summed E-state index contributed by atoms with van der Waals surface area (Å²) in [5, 5.41) is 24.2. The first-order chi connectivity index (χ1) is 20.9. The molecule has 45 heavy (non-hydrogen) atoms. The summed E-state index contributed by atoms with van der Waals surface area (Å²) in [5.74, 6) is -4.09. The summed E-state index contributed by atoms with van der Waals surface area (Å²) in [5.41, 5.74) is -4.08. The van der Waals surface area contributed by atoms with Gasteiger partial charge >= 0.3 is 17.9 Å². The second-order valence-electron chi connectivity index (χ2n) is 17.4. The second kappa shape index (κ2) is 9.03. The molecule has 0 aromatic carbocycles. The molecule has 8 aliphatic rings. The van der Waals surface area contributed by atoms with Crippen molar-refractivity contribution in [1.29, 1.82) is 0 Å². The van der Waals surface area contributed by atoms with Crippen LogP contribution in [0.1, 0.15) is 87.5 Å². The third kappa shape index (κ3) is 3.53. The molecule has 8 fully saturated rings. The molecular formula is C35H50O10. The number of aliphatic hydroxyl groups excluding tert-OH is 1. The van der Waals surface area contributed by atoms with Crippen molar-refractivity contribution in [2.24, 2.45) is 63.6 Å². The number of ether oxygens (including phenoxy) is 5. The lowest BCUT2D eigenvalue weighted by molar-refractivity contribution is -0.223. The maximum Gasteiger partial charge on any atom is 0.341 e. The smallest absolute Gasteiger partial charge is 0.341 e. The van der Waals surface area contributed by atoms with Gasteiger partial charge < -0.3 is 33.9 Å². The van der Waals surface area contributed by atoms with E-state index in [2.05, 4.69) is 20.8 Å². The van der Waals surface area contributed by atoms with Crippen molar-refractivity contribution in [2.75, 3.05) is 0 Å². The Bertz CT molecular complexity index is 1350. The van der Waals surface area contributed by atoms with E-state index in [1.807, 2.05) is 20.8 Å². The normalized spacial score (nSPS) is 59.7. The van der Waals surface area contributed by atoms with Gasteiger partial charge in [0.15, 0.2) is 5.60 Å². The van der Waals surface area contributed by atoms with Gasteiger partial charge in [0.1, 0.15) is 18.3 Å². The van der Waals surface area contributed by atoms with E-state index in [-0.39, 0.29) is 71.5 Å². The Balaban J connectivity index is 1.33. The fourth-order valence-electron chi connectivity index (χ4n) is 12.9. The van der Waals surface area contributed by atoms with Crippen LogP contribution in [-0.2, 0) is 38.1 Å². The van der Waals surface area contributed by atoms with E-state index in [0.717, 1.165) is 12.8 Å². The molecule has 250 valence electrons. The Morgan fingerprint density at radius 1 is 1.02 bits per heavy atom. The lowest BCUT2D eigenvalue weighted by Gasteiger charge is -2.63. The van der Waals surface area contributed by atoms with Crippen LogP contribution in [0.2, 0.25) is 0 Å². The van der Waals surface area contributed by atoms with Crippen molar-refractivity contribution in [2.45, 2.75) is 136 Å². The molecular weight excluding hydrogens is 580 g/mol. The molecule has 18 atom stereocenters. The molecule has 3 saturated heterocycles. The van der Waals surface area contributed by atoms with Crippen LogP contribution in [0.15, 0.2) is 0 Å². The molecule has 0 amide bonds. The van der Waals surface area contributed by atoms with E-state index in [1.54, 1.807) is 0 Å². The van der Waals surface area contributed by atoms with Gasteiger partial charge in [0.05, 0.1) is 23.7 Å². The van der Waals surface area contributed by atoms with Gasteiger partial charge in [0, 0.05) is 30.6 Å². The van der Waals surface area contributed by atoms with Crippen molar-refractivity contribution < 1.29 is 48.3 Å². The highest BCUT2D eigenvalue weighted by Crippen LogP contribution is 2.81. The number of hydrogen-bond acceptors (Lipinski definition) is 10. The molecule has 1 spiro atoms. The Morgan fingerprint density at radius 2 is 1.73 bits per heavy atom. The average Bonchev–Trinajstić information content (AvgIpc) is 3.81. The van der Waals surface area contributed by atoms with Gasteiger partial charge in [-0.2, -0.15) is 0 Å². The van der Waals surface area contributed by atoms with E-state index in [0.29, 0.717) is 12.8 Å². The first kappa shape index (κ1) is 30.6. The van der Waals surface area contributed by atoms with Gasteiger partial charge in [0.25, 0.3) is 0 Å². The zero-order valence-electron chi connectivity index (χ0n) is 27.8. The van der Waals surface area contributed by atoms with Crippen LogP contribution in [0.3, 0.4) is 0 Å². The Labute approximate surface area is 265 Å². The predicted molar refractivity (Wildman–Crippen MR) is 157 cm³/mol. The molecule has 3 aliphatic heterocycles. The number of carbonyl (C=O) groups excluding carboxylic acids is 3. The molecule has 0 aromatic rings. The topological polar surface area (TPSA) is 144 Å². The standard InChI is InChI=1S/C35H50O10/c1-14(2)9-23(38)43-28-26-24-18(31(5)13-21-20(42-21)11-17(31)10-19(24)37)12-22(41-16(4)36)32(26,6)25-15(3)29-35(44-29)33(7,27(25)28)34(8,40)30(39)45-35/h14-15,17-22,24-29,37,40H,9-13H2,1-8H3/t15-,17-,18?,19-,20-,21+,22-,24?,25-,26+,27-,28+,29+,31-,32+,33-,34+,35-/m0/s1. The van der Waals surface area contributed by atoms with Crippen LogP contribution >= 0.6 is 0 Å². The molecule has 3 heterocycles. The lowest BCUT2D eigenvalue weighted by atomic mass is 9.42. The zero-order valence-corrected chi connectivity index (χ0v) is 27.8. The number of hydrogen-bond donors (Lipinski definition) is 2. The molecule has 8 rings (SSSR count). The predicted octanol–water partition coefficient (Wildman–Crippen LogP) is 3.39. The number of carbonyl (C=O) groups is 3. The van der Waals surface area contributed by atoms with Crippen LogP contribution in [0.25, 0.3) is 0 Å². The summed E-state index contributed by atoms with van der Waals surface area (Å²) in [6.45, 7) is 15.3. The minimum absolute atomic E-state index is 0.00453. The fourth-order valence-corrected chi connectivity index (χ4v) is 12.9. The first-order valence-corrected chi connectivity index (χ1v) is 17.3. The van der Waals surface area contributed by atoms with Crippen LogP contribution in [0.5, 0.6) is 0 Å². The Kier molecular flexibility index (Phi) is 6.13. The number of epoxide rings is 2. The highest BCUT2D eigenvalue weighted by Gasteiger charge is 2.92. The molecule has 0 radical (unpaired) electrons. The minimum atomic E-state index is -1.92. The van der Waals surface area contributed by atoms with Crippen molar-refractivity contribution in [3.05, 3.63) is 0 Å². The van der Waals surface area contributed by atoms with E-state index in [9.17, 15) is 24.6 Å². The van der Waals surface area contributed by atoms with E-state index < -0.39 is 64.4 Å². The van der Waals surface area contributed by atoms with Gasteiger partial charge in [-0.05, 0) is 80.5 Å². The monoisotopic (exact) mass is 630 g/mol. The SMILES string of the molecule is CC(=O)O[C@H]1CC2C([C@@H]3[C@@H](OC(=O)CC(C)C)[C@@H]4[C@H]([C@H](C)[C@H]5O[C@]56OC(=O)[C@@](C)(O)[C@]46C)[C@@]13C)[C@@H](O)C[C@H]1C[C@@H]3O[C@@H]3C[C@]21C. The molecule has 5 aliphatic carbocycles. The number of aliphatic hydroxyl groups is 2. The molecule has 5 saturated carbocycles. The summed E-state index contributed by atoms with van der Waals surface area (Å²) < 4.78 is 31.3. The lowest BCUT2D eigenvalue weighted by Crippen LogP contribution is -2.64. The van der Waals surface area contributed by atoms with E-state index in [4.69, 9.17) is 23.7 Å². The maximum absolute atomic E-state index is 13.7. The van der Waals surface area contributed by atoms with Gasteiger partial charge in [-0.1, -0.05) is 34.6 Å². The van der Waals surface area contributed by atoms with Crippen LogP contribution in [0.4, 0.5) is 0 Å². The van der Waals surface area contributed by atoms with Gasteiger partial charge in [0.2, 0.25) is 5.79 Å². The molecule has 2 N–H and O–H groups in total. The highest BCUT2D eigenvalue weighted by atomic mass is 16.8. The van der Waals surface area contributed by atoms with Crippen molar-refractivity contribution in [3.63, 3.8) is 0 Å². The van der Waals surface area contributed by atoms with Crippen LogP contribution in [-0.4, -0.2) is 76.1 Å². The molecule has 10 heteroatoms. The summed E-state index contributed by atoms with van der Waals surface area (Å²) in [7, 11) is 0. The summed E-state index contributed by atoms with van der Waals surface area (Å²) in [4.78, 5) is 40.0. The van der Waals surface area contributed by atoms with Crippen molar-refractivity contribution in [3.8, 4) is 0 Å². The second-order valence-corrected chi connectivity index (χ2v) is 17.4. The van der Waals surface area contributed by atoms with Gasteiger partial charge in [-0.3, -0.25) is 9.59 Å². The molecule has 0 bridgehead atoms. The summed E-state index contributed by atoms with van der Waals surface area (Å²) in [6.07, 6.45) is 1.31. The summed E-state index contributed by atoms with van der Waals surface area (Å²) in [6, 6.07) is 0. The summed E-state index contributed by atoms with van der Waals surface area (Å²) >= 11 is 0. The average molecular weight is 631 g/mol. The molecule has 10 nitrogen and oxygen atoms in total. The zero-order chi connectivity index (χ0) is 32.4. The Hall–Kier alpha value is -1.75. The van der Waals surface area contributed by atoms with Crippen LogP contribution < -0.4 is 0 Å². The first-order valence-electron chi connectivity index (χ1n) is 17.3. The van der Waals surface area contributed by atoms with E-state index in [1.165, 1.54) is 13.8 Å². The fraction of sp³-hybridized carbons (Fsp3) is 0.914. The number of rotatable bonds is 4. The largest absolute Gasteiger partial charge is 0.462 e. The van der Waals surface area contributed by atoms with Crippen LogP contribution in [0, 0.1) is 63.6 Å². The van der Waals surface area contributed by atoms with Gasteiger partial charge in [-0.15, -0.1) is 0 Å². The molecule has 0 aromatic heterocycles. The highest BCUT2D eigenvalue weighted by molar-refractivity contribution is 5.84. The third-order valence-electron chi connectivity index (χ3n) is 15.0. The Morgan fingerprint density at radius 3 is 2.40 bits per heavy atom. The number of esters is 3. The number of fused-ring (bicyclic) bond motifs is 9. The third-order valence-corrected chi connectivity index (χ3v) is 15.0. The molecule has 2 unspecified atom stereocenters. The van der Waals surface area contributed by atoms with E-state index >= 15 is 0 Å². The maximum atomic E-state index is 13.7. The van der Waals surface area contributed by atoms with Gasteiger partial charge in [-0.25, -0.2) is 4.79 Å². The van der Waals surface area contributed by atoms with Crippen molar-refractivity contribution >= 4 is 17.9 Å².